The highest BCUT2D eigenvalue weighted by molar-refractivity contribution is 5.76. The molecule has 0 aromatic carbocycles. The van der Waals surface area contributed by atoms with Crippen molar-refractivity contribution in [3.05, 3.63) is 0 Å². The smallest absolute Gasteiger partial charge is 0.221 e. The minimum atomic E-state index is -0.219. The van der Waals surface area contributed by atoms with Crippen LogP contribution in [0.15, 0.2) is 0 Å². The summed E-state index contributed by atoms with van der Waals surface area (Å²) in [6, 6.07) is 2.88. The molecule has 108 valence electrons. The number of amides is 1. The van der Waals surface area contributed by atoms with Crippen molar-refractivity contribution in [3.63, 3.8) is 0 Å². The Kier molecular flexibility index (Phi) is 5.81. The molecular formula is C15H27N3O. The number of likely N-dealkylation sites (tertiary alicyclic amines) is 1. The van der Waals surface area contributed by atoms with Gasteiger partial charge in [-0.05, 0) is 53.0 Å². The maximum absolute atomic E-state index is 11.3. The van der Waals surface area contributed by atoms with Gasteiger partial charge in [-0.2, -0.15) is 5.26 Å². The van der Waals surface area contributed by atoms with E-state index in [9.17, 15) is 4.79 Å². The van der Waals surface area contributed by atoms with Gasteiger partial charge in [0.15, 0.2) is 0 Å². The van der Waals surface area contributed by atoms with Crippen LogP contribution >= 0.6 is 0 Å². The highest BCUT2D eigenvalue weighted by Gasteiger charge is 2.28. The van der Waals surface area contributed by atoms with Crippen molar-refractivity contribution in [2.45, 2.75) is 58.9 Å². The Labute approximate surface area is 116 Å². The van der Waals surface area contributed by atoms with E-state index < -0.39 is 0 Å². The van der Waals surface area contributed by atoms with Crippen molar-refractivity contribution >= 4 is 5.91 Å². The van der Waals surface area contributed by atoms with Gasteiger partial charge in [0.05, 0.1) is 17.4 Å². The van der Waals surface area contributed by atoms with E-state index in [0.717, 1.165) is 45.2 Å². The van der Waals surface area contributed by atoms with Crippen LogP contribution in [0.2, 0.25) is 0 Å². The maximum Gasteiger partial charge on any atom is 0.221 e. The summed E-state index contributed by atoms with van der Waals surface area (Å²) in [6.07, 6.45) is 5.06. The molecule has 1 rings (SSSR count). The average Bonchev–Trinajstić information content (AvgIpc) is 2.36. The lowest BCUT2D eigenvalue weighted by Crippen LogP contribution is -2.46. The summed E-state index contributed by atoms with van der Waals surface area (Å²) < 4.78 is 0. The fraction of sp³-hybridized carbons (Fsp3) is 0.867. The number of piperidine rings is 1. The summed E-state index contributed by atoms with van der Waals surface area (Å²) in [5.74, 6) is -0.144. The number of carbonyl (C=O) groups excluding carboxylic acids is 1. The highest BCUT2D eigenvalue weighted by Crippen LogP contribution is 2.24. The quantitative estimate of drug-likeness (QED) is 0.749. The summed E-state index contributed by atoms with van der Waals surface area (Å²) in [7, 11) is 0. The van der Waals surface area contributed by atoms with E-state index in [-0.39, 0.29) is 17.2 Å². The first-order chi connectivity index (χ1) is 8.85. The van der Waals surface area contributed by atoms with Crippen LogP contribution in [-0.2, 0) is 4.79 Å². The van der Waals surface area contributed by atoms with E-state index in [0.29, 0.717) is 6.04 Å². The van der Waals surface area contributed by atoms with Crippen LogP contribution in [0, 0.1) is 22.7 Å². The second-order valence-electron chi connectivity index (χ2n) is 6.47. The van der Waals surface area contributed by atoms with Crippen molar-refractivity contribution in [1.29, 1.82) is 5.26 Å². The molecule has 2 N–H and O–H groups in total. The van der Waals surface area contributed by atoms with Crippen molar-refractivity contribution in [1.82, 2.24) is 4.90 Å². The minimum absolute atomic E-state index is 0.0201. The first kappa shape index (κ1) is 16.0. The van der Waals surface area contributed by atoms with Gasteiger partial charge in [0.25, 0.3) is 0 Å². The molecule has 0 aliphatic carbocycles. The molecule has 1 aliphatic rings. The second-order valence-corrected chi connectivity index (χ2v) is 6.47. The summed E-state index contributed by atoms with van der Waals surface area (Å²) in [5.41, 5.74) is 5.18. The Bertz CT molecular complexity index is 346. The van der Waals surface area contributed by atoms with Crippen LogP contribution in [-0.4, -0.2) is 29.9 Å². The van der Waals surface area contributed by atoms with Gasteiger partial charge >= 0.3 is 0 Å². The first-order valence-corrected chi connectivity index (χ1v) is 7.30. The monoisotopic (exact) mass is 265 g/mol. The van der Waals surface area contributed by atoms with Crippen molar-refractivity contribution in [3.8, 4) is 6.07 Å². The standard InChI is InChI=1S/C15H27N3O/c1-12-6-7-13(14(17)19)10-18(12)9-5-4-8-15(2,3)11-16/h12-13H,4-10H2,1-3H3,(H2,17,19). The van der Waals surface area contributed by atoms with Crippen LogP contribution in [0.1, 0.15) is 52.9 Å². The lowest BCUT2D eigenvalue weighted by molar-refractivity contribution is -0.123. The van der Waals surface area contributed by atoms with Gasteiger partial charge in [-0.1, -0.05) is 6.42 Å². The second kappa shape index (κ2) is 6.91. The van der Waals surface area contributed by atoms with E-state index in [1.54, 1.807) is 0 Å². The molecule has 0 bridgehead atoms. The minimum Gasteiger partial charge on any atom is -0.369 e. The van der Waals surface area contributed by atoms with Gasteiger partial charge < -0.3 is 5.73 Å². The van der Waals surface area contributed by atoms with E-state index in [2.05, 4.69) is 17.9 Å². The van der Waals surface area contributed by atoms with Crippen molar-refractivity contribution in [2.75, 3.05) is 13.1 Å². The third kappa shape index (κ3) is 5.20. The Morgan fingerprint density at radius 1 is 1.42 bits per heavy atom. The molecule has 1 saturated heterocycles. The number of hydrogen-bond acceptors (Lipinski definition) is 3. The Morgan fingerprint density at radius 3 is 2.68 bits per heavy atom. The third-order valence-electron chi connectivity index (χ3n) is 4.21. The van der Waals surface area contributed by atoms with Gasteiger partial charge in [0.1, 0.15) is 0 Å². The van der Waals surface area contributed by atoms with Crippen molar-refractivity contribution < 1.29 is 4.79 Å². The molecule has 1 amide bonds. The summed E-state index contributed by atoms with van der Waals surface area (Å²) in [5, 5.41) is 8.97. The number of rotatable bonds is 6. The van der Waals surface area contributed by atoms with Gasteiger partial charge in [-0.15, -0.1) is 0 Å². The van der Waals surface area contributed by atoms with Crippen LogP contribution in [0.3, 0.4) is 0 Å². The largest absolute Gasteiger partial charge is 0.369 e. The van der Waals surface area contributed by atoms with E-state index in [1.807, 2.05) is 13.8 Å². The molecule has 0 radical (unpaired) electrons. The molecule has 19 heavy (non-hydrogen) atoms. The number of unbranched alkanes of at least 4 members (excludes halogenated alkanes) is 1. The van der Waals surface area contributed by atoms with Crippen LogP contribution < -0.4 is 5.73 Å². The molecule has 4 nitrogen and oxygen atoms in total. The number of primary amides is 1. The predicted molar refractivity (Wildman–Crippen MR) is 76.2 cm³/mol. The summed E-state index contributed by atoms with van der Waals surface area (Å²) >= 11 is 0. The number of nitrogens with two attached hydrogens (primary N) is 1. The molecule has 2 unspecified atom stereocenters. The third-order valence-corrected chi connectivity index (χ3v) is 4.21. The number of nitriles is 1. The van der Waals surface area contributed by atoms with Crippen molar-refractivity contribution in [2.24, 2.45) is 17.1 Å². The zero-order valence-electron chi connectivity index (χ0n) is 12.5. The zero-order valence-corrected chi connectivity index (χ0v) is 12.5. The van der Waals surface area contributed by atoms with Gasteiger partial charge in [-0.25, -0.2) is 0 Å². The molecule has 4 heteroatoms. The SMILES string of the molecule is CC1CCC(C(N)=O)CN1CCCCC(C)(C)C#N. The van der Waals surface area contributed by atoms with E-state index >= 15 is 0 Å². The van der Waals surface area contributed by atoms with Gasteiger partial charge in [-0.3, -0.25) is 9.69 Å². The number of nitrogens with zero attached hydrogens (tertiary/aromatic N) is 2. The lowest BCUT2D eigenvalue weighted by Gasteiger charge is -2.37. The molecule has 1 aliphatic heterocycles. The molecule has 0 aromatic heterocycles. The zero-order chi connectivity index (χ0) is 14.5. The molecular weight excluding hydrogens is 238 g/mol. The molecule has 0 aromatic rings. The maximum atomic E-state index is 11.3. The van der Waals surface area contributed by atoms with Crippen LogP contribution in [0.5, 0.6) is 0 Å². The summed E-state index contributed by atoms with van der Waals surface area (Å²) in [4.78, 5) is 13.6. The topological polar surface area (TPSA) is 70.1 Å². The summed E-state index contributed by atoms with van der Waals surface area (Å²) in [6.45, 7) is 8.00. The van der Waals surface area contributed by atoms with Crippen LogP contribution in [0.4, 0.5) is 0 Å². The highest BCUT2D eigenvalue weighted by atomic mass is 16.1. The van der Waals surface area contributed by atoms with Crippen LogP contribution in [0.25, 0.3) is 0 Å². The molecule has 2 atom stereocenters. The Balaban J connectivity index is 2.31. The predicted octanol–water partition coefficient (Wildman–Crippen LogP) is 2.29. The van der Waals surface area contributed by atoms with Gasteiger partial charge in [0, 0.05) is 12.6 Å². The normalized spacial score (nSPS) is 24.9. The van der Waals surface area contributed by atoms with E-state index in [1.165, 1.54) is 0 Å². The van der Waals surface area contributed by atoms with Gasteiger partial charge in [0.2, 0.25) is 5.91 Å². The fourth-order valence-corrected chi connectivity index (χ4v) is 2.66. The average molecular weight is 265 g/mol. The Morgan fingerprint density at radius 2 is 2.11 bits per heavy atom. The Hall–Kier alpha value is -1.08. The number of hydrogen-bond donors (Lipinski definition) is 1. The molecule has 1 heterocycles. The number of carbonyl (C=O) groups is 1. The molecule has 1 fully saturated rings. The fourth-order valence-electron chi connectivity index (χ4n) is 2.66. The molecule has 0 saturated carbocycles. The van der Waals surface area contributed by atoms with E-state index in [4.69, 9.17) is 11.0 Å². The lowest BCUT2D eigenvalue weighted by atomic mass is 9.88. The first-order valence-electron chi connectivity index (χ1n) is 7.30. The molecule has 0 spiro atoms.